The highest BCUT2D eigenvalue weighted by atomic mass is 35.5. The summed E-state index contributed by atoms with van der Waals surface area (Å²) < 4.78 is 11.5. The molecule has 0 spiro atoms. The Hall–Kier alpha value is -0.770. The standard InChI is InChI=1S/C19H31NO2.ClH/c1-4-5-11-21-18-8-6-16(7-9-18)14-20-15-17-10-12-22-19(2,3)13-17;/h6-9,17,20H,4-5,10-15H2,1-3H3;1H/p-1. The maximum absolute atomic E-state index is 5.77. The van der Waals surface area contributed by atoms with E-state index in [0.717, 1.165) is 50.8 Å². The summed E-state index contributed by atoms with van der Waals surface area (Å²) >= 11 is 0. The van der Waals surface area contributed by atoms with Crippen LogP contribution in [0.2, 0.25) is 0 Å². The van der Waals surface area contributed by atoms with Crippen molar-refractivity contribution in [2.45, 2.75) is 58.6 Å². The molecule has 1 aliphatic rings. The van der Waals surface area contributed by atoms with Gasteiger partial charge in [0.15, 0.2) is 0 Å². The molecular weight excluding hydrogens is 310 g/mol. The van der Waals surface area contributed by atoms with E-state index in [0.29, 0.717) is 0 Å². The smallest absolute Gasteiger partial charge is 0.119 e. The van der Waals surface area contributed by atoms with Gasteiger partial charge in [-0.1, -0.05) is 25.5 Å². The van der Waals surface area contributed by atoms with Gasteiger partial charge >= 0.3 is 0 Å². The van der Waals surface area contributed by atoms with E-state index in [4.69, 9.17) is 9.47 Å². The van der Waals surface area contributed by atoms with Crippen LogP contribution in [0.1, 0.15) is 52.0 Å². The Morgan fingerprint density at radius 1 is 1.26 bits per heavy atom. The van der Waals surface area contributed by atoms with Gasteiger partial charge in [0, 0.05) is 13.2 Å². The average Bonchev–Trinajstić information content (AvgIpc) is 2.48. The van der Waals surface area contributed by atoms with Crippen LogP contribution >= 0.6 is 0 Å². The number of hydrogen-bond donors (Lipinski definition) is 1. The van der Waals surface area contributed by atoms with Crippen molar-refractivity contribution in [2.75, 3.05) is 19.8 Å². The zero-order valence-corrected chi connectivity index (χ0v) is 15.5. The second-order valence-corrected chi connectivity index (χ2v) is 6.94. The van der Waals surface area contributed by atoms with Crippen molar-refractivity contribution in [3.05, 3.63) is 29.8 Å². The first-order valence-electron chi connectivity index (χ1n) is 8.65. The molecule has 0 saturated carbocycles. The van der Waals surface area contributed by atoms with Gasteiger partial charge in [-0.05, 0) is 63.3 Å². The number of nitrogens with one attached hydrogen (secondary N) is 1. The lowest BCUT2D eigenvalue weighted by Gasteiger charge is -2.35. The van der Waals surface area contributed by atoms with Crippen molar-refractivity contribution in [1.82, 2.24) is 5.32 Å². The van der Waals surface area contributed by atoms with Crippen molar-refractivity contribution in [2.24, 2.45) is 5.92 Å². The Morgan fingerprint density at radius 2 is 2.00 bits per heavy atom. The molecule has 2 rings (SSSR count). The number of unbranched alkanes of at least 4 members (excludes halogenated alkanes) is 1. The second-order valence-electron chi connectivity index (χ2n) is 6.94. The molecule has 1 unspecified atom stereocenters. The highest BCUT2D eigenvalue weighted by Crippen LogP contribution is 2.28. The largest absolute Gasteiger partial charge is 1.00 e. The number of hydrogen-bond acceptors (Lipinski definition) is 3. The monoisotopic (exact) mass is 340 g/mol. The Bertz CT molecular complexity index is 434. The van der Waals surface area contributed by atoms with Crippen molar-refractivity contribution in [3.8, 4) is 5.75 Å². The summed E-state index contributed by atoms with van der Waals surface area (Å²) in [6.45, 7) is 10.3. The van der Waals surface area contributed by atoms with Gasteiger partial charge in [0.25, 0.3) is 0 Å². The molecule has 1 N–H and O–H groups in total. The number of halogens is 1. The van der Waals surface area contributed by atoms with Crippen LogP contribution in [0, 0.1) is 5.92 Å². The van der Waals surface area contributed by atoms with Gasteiger partial charge in [0.2, 0.25) is 0 Å². The number of benzene rings is 1. The molecule has 0 aliphatic carbocycles. The quantitative estimate of drug-likeness (QED) is 0.720. The molecule has 1 saturated heterocycles. The normalized spacial score (nSPS) is 19.9. The predicted molar refractivity (Wildman–Crippen MR) is 91.3 cm³/mol. The Kier molecular flexibility index (Phi) is 8.96. The van der Waals surface area contributed by atoms with Gasteiger partial charge in [-0.2, -0.15) is 0 Å². The summed E-state index contributed by atoms with van der Waals surface area (Å²) in [6, 6.07) is 8.46. The molecule has 4 heteroatoms. The first-order chi connectivity index (χ1) is 10.6. The number of ether oxygens (including phenoxy) is 2. The molecule has 3 nitrogen and oxygen atoms in total. The summed E-state index contributed by atoms with van der Waals surface area (Å²) in [7, 11) is 0. The van der Waals surface area contributed by atoms with Crippen LogP contribution in [0.4, 0.5) is 0 Å². The van der Waals surface area contributed by atoms with Crippen LogP contribution in [-0.2, 0) is 11.3 Å². The zero-order valence-electron chi connectivity index (χ0n) is 14.7. The fourth-order valence-electron chi connectivity index (χ4n) is 2.99. The average molecular weight is 341 g/mol. The fourth-order valence-corrected chi connectivity index (χ4v) is 2.99. The lowest BCUT2D eigenvalue weighted by Crippen LogP contribution is -3.00. The van der Waals surface area contributed by atoms with Crippen molar-refractivity contribution in [3.63, 3.8) is 0 Å². The summed E-state index contributed by atoms with van der Waals surface area (Å²) in [6.07, 6.45) is 4.60. The van der Waals surface area contributed by atoms with Gasteiger partial charge < -0.3 is 27.2 Å². The molecule has 23 heavy (non-hydrogen) atoms. The van der Waals surface area contributed by atoms with Crippen LogP contribution in [-0.4, -0.2) is 25.4 Å². The Labute approximate surface area is 147 Å². The van der Waals surface area contributed by atoms with E-state index in [9.17, 15) is 0 Å². The van der Waals surface area contributed by atoms with E-state index in [-0.39, 0.29) is 18.0 Å². The lowest BCUT2D eigenvalue weighted by molar-refractivity contribution is -0.0718. The lowest BCUT2D eigenvalue weighted by atomic mass is 9.88. The molecule has 0 amide bonds. The van der Waals surface area contributed by atoms with Crippen molar-refractivity contribution in [1.29, 1.82) is 0 Å². The van der Waals surface area contributed by atoms with Crippen molar-refractivity contribution < 1.29 is 21.9 Å². The maximum Gasteiger partial charge on any atom is 0.119 e. The molecular formula is C19H31ClNO2-. The minimum absolute atomic E-state index is 0. The first-order valence-corrected chi connectivity index (χ1v) is 8.65. The highest BCUT2D eigenvalue weighted by molar-refractivity contribution is 5.27. The maximum atomic E-state index is 5.77. The summed E-state index contributed by atoms with van der Waals surface area (Å²) in [4.78, 5) is 0. The molecule has 0 radical (unpaired) electrons. The first kappa shape index (κ1) is 20.3. The third-order valence-electron chi connectivity index (χ3n) is 4.25. The van der Waals surface area contributed by atoms with Crippen LogP contribution in [0.3, 0.4) is 0 Å². The van der Waals surface area contributed by atoms with Gasteiger partial charge in [0.05, 0.1) is 12.2 Å². The van der Waals surface area contributed by atoms with E-state index in [1.54, 1.807) is 0 Å². The van der Waals surface area contributed by atoms with E-state index < -0.39 is 0 Å². The van der Waals surface area contributed by atoms with E-state index in [2.05, 4.69) is 50.4 Å². The predicted octanol–water partition coefficient (Wildman–Crippen LogP) is 1.16. The zero-order chi connectivity index (χ0) is 15.8. The second kappa shape index (κ2) is 10.2. The molecule has 132 valence electrons. The molecule has 1 aliphatic heterocycles. The molecule has 1 aromatic carbocycles. The highest BCUT2D eigenvalue weighted by Gasteiger charge is 2.28. The summed E-state index contributed by atoms with van der Waals surface area (Å²) in [5.74, 6) is 1.70. The minimum Gasteiger partial charge on any atom is -1.00 e. The van der Waals surface area contributed by atoms with E-state index in [1.807, 2.05) is 0 Å². The third kappa shape index (κ3) is 7.56. The van der Waals surface area contributed by atoms with Gasteiger partial charge in [-0.3, -0.25) is 0 Å². The van der Waals surface area contributed by atoms with Crippen LogP contribution in [0.15, 0.2) is 24.3 Å². The van der Waals surface area contributed by atoms with E-state index >= 15 is 0 Å². The van der Waals surface area contributed by atoms with Crippen LogP contribution in [0.5, 0.6) is 5.75 Å². The Morgan fingerprint density at radius 3 is 2.65 bits per heavy atom. The van der Waals surface area contributed by atoms with E-state index in [1.165, 1.54) is 18.4 Å². The fraction of sp³-hybridized carbons (Fsp3) is 0.684. The van der Waals surface area contributed by atoms with Crippen LogP contribution < -0.4 is 22.5 Å². The van der Waals surface area contributed by atoms with Gasteiger partial charge in [-0.15, -0.1) is 0 Å². The summed E-state index contributed by atoms with van der Waals surface area (Å²) in [5, 5.41) is 3.58. The van der Waals surface area contributed by atoms with Gasteiger partial charge in [0.1, 0.15) is 5.75 Å². The third-order valence-corrected chi connectivity index (χ3v) is 4.25. The Balaban J connectivity index is 0.00000264. The molecule has 0 bridgehead atoms. The summed E-state index contributed by atoms with van der Waals surface area (Å²) in [5.41, 5.74) is 1.36. The molecule has 1 aromatic rings. The van der Waals surface area contributed by atoms with Crippen molar-refractivity contribution >= 4 is 0 Å². The number of rotatable bonds is 8. The topological polar surface area (TPSA) is 30.5 Å². The molecule has 1 heterocycles. The SMILES string of the molecule is CCCCOc1ccc(CNCC2CCOC(C)(C)C2)cc1.[Cl-]. The molecule has 1 fully saturated rings. The minimum atomic E-state index is 0. The van der Waals surface area contributed by atoms with Gasteiger partial charge in [-0.25, -0.2) is 0 Å². The molecule has 1 atom stereocenters. The van der Waals surface area contributed by atoms with Crippen LogP contribution in [0.25, 0.3) is 0 Å². The molecule has 0 aromatic heterocycles.